The van der Waals surface area contributed by atoms with E-state index >= 15 is 0 Å². The van der Waals surface area contributed by atoms with E-state index in [1.165, 1.54) is 16.6 Å². The molecule has 7 nitrogen and oxygen atoms in total. The minimum absolute atomic E-state index is 0.116. The van der Waals surface area contributed by atoms with E-state index in [1.807, 2.05) is 0 Å². The Balaban J connectivity index is 1.82. The molecule has 1 aromatic carbocycles. The zero-order chi connectivity index (χ0) is 20.0. The summed E-state index contributed by atoms with van der Waals surface area (Å²) in [5.41, 5.74) is 0.435. The topological polar surface area (TPSA) is 80.9 Å². The van der Waals surface area contributed by atoms with Crippen LogP contribution in [0.5, 0.6) is 0 Å². The molecule has 0 radical (unpaired) electrons. The lowest BCUT2D eigenvalue weighted by Crippen LogP contribution is -2.13. The second kappa shape index (κ2) is 6.97. The summed E-state index contributed by atoms with van der Waals surface area (Å²) < 4.78 is 42.6. The fourth-order valence-corrected chi connectivity index (χ4v) is 3.47. The van der Waals surface area contributed by atoms with Gasteiger partial charge in [-0.05, 0) is 46.3 Å². The first-order chi connectivity index (χ1) is 13.4. The molecule has 3 heterocycles. The van der Waals surface area contributed by atoms with E-state index in [9.17, 15) is 13.2 Å². The minimum atomic E-state index is -2.89. The van der Waals surface area contributed by atoms with Gasteiger partial charge in [0, 0.05) is 5.56 Å². The van der Waals surface area contributed by atoms with Crippen molar-refractivity contribution < 1.29 is 13.2 Å². The molecule has 4 rings (SSSR count). The molecule has 0 amide bonds. The van der Waals surface area contributed by atoms with Crippen molar-refractivity contribution in [2.75, 3.05) is 5.32 Å². The van der Waals surface area contributed by atoms with E-state index in [0.717, 1.165) is 6.07 Å². The van der Waals surface area contributed by atoms with E-state index in [4.69, 9.17) is 0 Å². The molecular weight excluding hydrogens is 439 g/mol. The van der Waals surface area contributed by atoms with E-state index in [0.29, 0.717) is 32.8 Å². The van der Waals surface area contributed by atoms with Crippen LogP contribution in [0.4, 0.5) is 19.0 Å². The summed E-state index contributed by atoms with van der Waals surface area (Å²) in [6.07, 6.45) is -2.89. The molecule has 0 unspecified atom stereocenters. The Labute approximate surface area is 165 Å². The molecule has 0 aliphatic heterocycles. The van der Waals surface area contributed by atoms with Crippen molar-refractivity contribution in [3.8, 4) is 0 Å². The normalized spacial score (nSPS) is 12.8. The molecule has 3 aromatic heterocycles. The lowest BCUT2D eigenvalue weighted by atomic mass is 10.0. The predicted octanol–water partition coefficient (Wildman–Crippen LogP) is 4.39. The standard InChI is InChI=1S/C17H13BrF3N7/c1-7(9-4-3-5-10(13(9)19)14(20)21)22-15-11-6-12(18)17-25-26-27-28(17)16(11)24-8(2)23-15/h3-7,14H,1-2H3,(H,22,23,24)/t7-/m1/s1. The number of halogens is 4. The molecule has 0 bridgehead atoms. The largest absolute Gasteiger partial charge is 0.363 e. The molecule has 11 heteroatoms. The number of pyridine rings is 1. The first-order valence-electron chi connectivity index (χ1n) is 8.24. The van der Waals surface area contributed by atoms with Gasteiger partial charge < -0.3 is 5.32 Å². The smallest absolute Gasteiger partial charge is 0.266 e. The highest BCUT2D eigenvalue weighted by Crippen LogP contribution is 2.31. The first kappa shape index (κ1) is 18.5. The van der Waals surface area contributed by atoms with Crippen molar-refractivity contribution in [3.63, 3.8) is 0 Å². The minimum Gasteiger partial charge on any atom is -0.363 e. The van der Waals surface area contributed by atoms with Crippen LogP contribution in [0.25, 0.3) is 16.7 Å². The van der Waals surface area contributed by atoms with E-state index in [-0.39, 0.29) is 5.56 Å². The third kappa shape index (κ3) is 3.05. The zero-order valence-electron chi connectivity index (χ0n) is 14.7. The summed E-state index contributed by atoms with van der Waals surface area (Å²) in [5, 5.41) is 15.2. The molecule has 144 valence electrons. The van der Waals surface area contributed by atoms with Crippen molar-refractivity contribution in [3.05, 3.63) is 51.5 Å². The number of alkyl halides is 2. The van der Waals surface area contributed by atoms with Gasteiger partial charge in [0.05, 0.1) is 21.5 Å². The summed E-state index contributed by atoms with van der Waals surface area (Å²) >= 11 is 3.41. The Morgan fingerprint density at radius 1 is 1.14 bits per heavy atom. The van der Waals surface area contributed by atoms with Gasteiger partial charge in [0.25, 0.3) is 6.43 Å². The Kier molecular flexibility index (Phi) is 4.61. The Morgan fingerprint density at radius 3 is 2.64 bits per heavy atom. The number of aryl methyl sites for hydroxylation is 1. The van der Waals surface area contributed by atoms with Gasteiger partial charge in [0.1, 0.15) is 17.5 Å². The average Bonchev–Trinajstić information content (AvgIpc) is 3.13. The van der Waals surface area contributed by atoms with Crippen molar-refractivity contribution in [1.82, 2.24) is 30.0 Å². The number of fused-ring (bicyclic) bond motifs is 3. The number of nitrogens with one attached hydrogen (secondary N) is 1. The Morgan fingerprint density at radius 2 is 1.89 bits per heavy atom. The number of aromatic nitrogens is 6. The van der Waals surface area contributed by atoms with Crippen molar-refractivity contribution in [2.45, 2.75) is 26.3 Å². The summed E-state index contributed by atoms with van der Waals surface area (Å²) in [4.78, 5) is 8.78. The van der Waals surface area contributed by atoms with Gasteiger partial charge in [-0.25, -0.2) is 23.1 Å². The summed E-state index contributed by atoms with van der Waals surface area (Å²) in [5.74, 6) is -0.0743. The fraction of sp³-hybridized carbons (Fsp3) is 0.235. The monoisotopic (exact) mass is 451 g/mol. The second-order valence-electron chi connectivity index (χ2n) is 6.18. The number of tetrazole rings is 1. The maximum absolute atomic E-state index is 14.5. The zero-order valence-corrected chi connectivity index (χ0v) is 16.2. The molecule has 0 saturated carbocycles. The van der Waals surface area contributed by atoms with Gasteiger partial charge in [-0.15, -0.1) is 5.10 Å². The van der Waals surface area contributed by atoms with Crippen LogP contribution < -0.4 is 5.32 Å². The fourth-order valence-electron chi connectivity index (χ4n) is 2.99. The van der Waals surface area contributed by atoms with Crippen LogP contribution in [0.15, 0.2) is 28.7 Å². The maximum Gasteiger partial charge on any atom is 0.266 e. The maximum atomic E-state index is 14.5. The molecule has 28 heavy (non-hydrogen) atoms. The molecule has 0 fully saturated rings. The third-order valence-corrected chi connectivity index (χ3v) is 4.89. The first-order valence-corrected chi connectivity index (χ1v) is 9.04. The van der Waals surface area contributed by atoms with Gasteiger partial charge >= 0.3 is 0 Å². The van der Waals surface area contributed by atoms with E-state index in [2.05, 4.69) is 46.7 Å². The molecule has 0 aliphatic carbocycles. The van der Waals surface area contributed by atoms with Gasteiger partial charge in [0.15, 0.2) is 11.3 Å². The molecule has 1 atom stereocenters. The molecular formula is C17H13BrF3N7. The lowest BCUT2D eigenvalue weighted by molar-refractivity contribution is 0.146. The van der Waals surface area contributed by atoms with Crippen LogP contribution in [-0.4, -0.2) is 30.0 Å². The van der Waals surface area contributed by atoms with Gasteiger partial charge in [-0.3, -0.25) is 0 Å². The van der Waals surface area contributed by atoms with Gasteiger partial charge in [0.2, 0.25) is 0 Å². The SMILES string of the molecule is Cc1nc(N[C@H](C)c2cccc(C(F)F)c2F)c2cc(Br)c3nnnn3c2n1. The van der Waals surface area contributed by atoms with E-state index in [1.54, 1.807) is 19.9 Å². The van der Waals surface area contributed by atoms with Crippen molar-refractivity contribution >= 4 is 38.4 Å². The Hall–Kier alpha value is -2.82. The number of hydrogen-bond acceptors (Lipinski definition) is 6. The van der Waals surface area contributed by atoms with Gasteiger partial charge in [-0.2, -0.15) is 4.52 Å². The average molecular weight is 452 g/mol. The number of hydrogen-bond donors (Lipinski definition) is 1. The Bertz CT molecular complexity index is 1190. The van der Waals surface area contributed by atoms with Crippen molar-refractivity contribution in [2.24, 2.45) is 0 Å². The van der Waals surface area contributed by atoms with Gasteiger partial charge in [-0.1, -0.05) is 18.2 Å². The highest BCUT2D eigenvalue weighted by molar-refractivity contribution is 9.10. The van der Waals surface area contributed by atoms with Crippen LogP contribution >= 0.6 is 15.9 Å². The van der Waals surface area contributed by atoms with Crippen LogP contribution in [0.2, 0.25) is 0 Å². The van der Waals surface area contributed by atoms with Crippen LogP contribution in [0.3, 0.4) is 0 Å². The summed E-state index contributed by atoms with van der Waals surface area (Å²) in [6, 6.07) is 5.07. The van der Waals surface area contributed by atoms with Crippen LogP contribution in [0.1, 0.15) is 36.3 Å². The number of anilines is 1. The quantitative estimate of drug-likeness (QED) is 0.495. The predicted molar refractivity (Wildman–Crippen MR) is 99.7 cm³/mol. The third-order valence-electron chi connectivity index (χ3n) is 4.31. The summed E-state index contributed by atoms with van der Waals surface area (Å²) in [6.45, 7) is 3.37. The van der Waals surface area contributed by atoms with Crippen LogP contribution in [0, 0.1) is 12.7 Å². The lowest BCUT2D eigenvalue weighted by Gasteiger charge is -2.18. The second-order valence-corrected chi connectivity index (χ2v) is 7.03. The molecule has 1 N–H and O–H groups in total. The van der Waals surface area contributed by atoms with E-state index < -0.39 is 23.8 Å². The van der Waals surface area contributed by atoms with Crippen LogP contribution in [-0.2, 0) is 0 Å². The summed E-state index contributed by atoms with van der Waals surface area (Å²) in [7, 11) is 0. The molecule has 0 aliphatic rings. The highest BCUT2D eigenvalue weighted by atomic mass is 79.9. The molecule has 0 saturated heterocycles. The molecule has 0 spiro atoms. The van der Waals surface area contributed by atoms with Crippen molar-refractivity contribution in [1.29, 1.82) is 0 Å². The number of rotatable bonds is 4. The highest BCUT2D eigenvalue weighted by Gasteiger charge is 2.21. The molecule has 4 aromatic rings. The number of nitrogens with zero attached hydrogens (tertiary/aromatic N) is 6. The number of benzene rings is 1.